The maximum Gasteiger partial charge on any atom is 0.276 e. The maximum absolute atomic E-state index is 12.9. The molecule has 25 heavy (non-hydrogen) atoms. The third-order valence-electron chi connectivity index (χ3n) is 4.94. The van der Waals surface area contributed by atoms with Crippen LogP contribution in [0, 0.1) is 11.3 Å². The molecule has 0 radical (unpaired) electrons. The number of nitrogens with one attached hydrogen (secondary N) is 1. The van der Waals surface area contributed by atoms with Gasteiger partial charge in [0.2, 0.25) is 0 Å². The van der Waals surface area contributed by atoms with Gasteiger partial charge in [0.25, 0.3) is 5.56 Å². The Balaban J connectivity index is 1.92. The molecule has 1 aliphatic rings. The minimum Gasteiger partial charge on any atom is -0.295 e. The Labute approximate surface area is 144 Å². The van der Waals surface area contributed by atoms with Crippen molar-refractivity contribution >= 4 is 5.65 Å². The zero-order valence-electron chi connectivity index (χ0n) is 14.4. The summed E-state index contributed by atoms with van der Waals surface area (Å²) in [5.74, 6) is -0.00244. The highest BCUT2D eigenvalue weighted by molar-refractivity contribution is 5.65. The average Bonchev–Trinajstić information content (AvgIpc) is 3.33. The van der Waals surface area contributed by atoms with Gasteiger partial charge in [-0.25, -0.2) is 9.50 Å². The second-order valence-electron chi connectivity index (χ2n) is 6.91. The molecule has 3 heterocycles. The Hall–Kier alpha value is -2.88. The molecule has 7 nitrogen and oxygen atoms in total. The van der Waals surface area contributed by atoms with E-state index in [2.05, 4.69) is 16.2 Å². The summed E-state index contributed by atoms with van der Waals surface area (Å²) >= 11 is 0. The van der Waals surface area contributed by atoms with Gasteiger partial charge in [0.05, 0.1) is 6.04 Å². The molecule has 0 bridgehead atoms. The molecule has 1 saturated carbocycles. The molecule has 128 valence electrons. The van der Waals surface area contributed by atoms with Gasteiger partial charge in [-0.15, -0.1) is 0 Å². The first-order valence-corrected chi connectivity index (χ1v) is 8.70. The molecule has 0 unspecified atom stereocenters. The summed E-state index contributed by atoms with van der Waals surface area (Å²) < 4.78 is 3.34. The lowest BCUT2D eigenvalue weighted by molar-refractivity contribution is 0.468. The van der Waals surface area contributed by atoms with Crippen molar-refractivity contribution in [1.29, 1.82) is 5.26 Å². The summed E-state index contributed by atoms with van der Waals surface area (Å²) in [6.07, 6.45) is 8.23. The molecule has 3 aromatic rings. The van der Waals surface area contributed by atoms with E-state index in [4.69, 9.17) is 5.10 Å². The number of rotatable bonds is 3. The molecule has 0 amide bonds. The van der Waals surface area contributed by atoms with Crippen molar-refractivity contribution in [1.82, 2.24) is 24.4 Å². The zero-order chi connectivity index (χ0) is 17.6. The molecule has 3 aromatic heterocycles. The summed E-state index contributed by atoms with van der Waals surface area (Å²) in [4.78, 5) is 17.5. The van der Waals surface area contributed by atoms with Crippen LogP contribution in [0.3, 0.4) is 0 Å². The van der Waals surface area contributed by atoms with E-state index < -0.39 is 0 Å². The lowest BCUT2D eigenvalue weighted by Crippen LogP contribution is -2.22. The predicted molar refractivity (Wildman–Crippen MR) is 93.3 cm³/mol. The quantitative estimate of drug-likeness (QED) is 0.796. The molecule has 7 heteroatoms. The van der Waals surface area contributed by atoms with E-state index >= 15 is 0 Å². The smallest absolute Gasteiger partial charge is 0.276 e. The number of aromatic amines is 1. The van der Waals surface area contributed by atoms with E-state index in [1.54, 1.807) is 0 Å². The molecule has 0 aliphatic heterocycles. The van der Waals surface area contributed by atoms with Crippen LogP contribution in [0.4, 0.5) is 0 Å². The van der Waals surface area contributed by atoms with E-state index in [0.29, 0.717) is 34.2 Å². The van der Waals surface area contributed by atoms with Crippen LogP contribution in [-0.4, -0.2) is 24.4 Å². The minimum atomic E-state index is -0.174. The fourth-order valence-corrected chi connectivity index (χ4v) is 3.66. The average molecular weight is 336 g/mol. The first kappa shape index (κ1) is 15.6. The van der Waals surface area contributed by atoms with E-state index in [-0.39, 0.29) is 11.5 Å². The van der Waals surface area contributed by atoms with Crippen molar-refractivity contribution in [3.05, 3.63) is 39.9 Å². The van der Waals surface area contributed by atoms with E-state index in [9.17, 15) is 10.1 Å². The van der Waals surface area contributed by atoms with Gasteiger partial charge >= 0.3 is 0 Å². The first-order chi connectivity index (χ1) is 12.1. The summed E-state index contributed by atoms with van der Waals surface area (Å²) in [6, 6.07) is 4.43. The molecule has 1 aliphatic carbocycles. The van der Waals surface area contributed by atoms with Crippen LogP contribution in [0.1, 0.15) is 62.6 Å². The number of hydrogen-bond donors (Lipinski definition) is 1. The Bertz CT molecular complexity index is 1030. The van der Waals surface area contributed by atoms with E-state index in [0.717, 1.165) is 12.8 Å². The van der Waals surface area contributed by atoms with Gasteiger partial charge in [0.1, 0.15) is 23.0 Å². The molecule has 0 aromatic carbocycles. The van der Waals surface area contributed by atoms with Crippen LogP contribution in [-0.2, 0) is 0 Å². The molecule has 0 saturated heterocycles. The van der Waals surface area contributed by atoms with E-state index in [1.165, 1.54) is 23.6 Å². The molecule has 4 rings (SSSR count). The Morgan fingerprint density at radius 1 is 1.36 bits per heavy atom. The van der Waals surface area contributed by atoms with Crippen molar-refractivity contribution in [2.75, 3.05) is 0 Å². The van der Waals surface area contributed by atoms with Crippen molar-refractivity contribution < 1.29 is 0 Å². The lowest BCUT2D eigenvalue weighted by atomic mass is 10.0. The summed E-state index contributed by atoms with van der Waals surface area (Å²) in [6.45, 7) is 3.94. The standard InChI is InChI=1S/C18H20N6O/c1-11(2)15-16(14-7-8-23(22-14)13-5-3-4-6-13)21-17-12(9-19)10-20-24(17)18(15)25/h7-8,10-11,13,20H,3-6H2,1-2H3. The number of H-pyrrole nitrogens is 1. The predicted octanol–water partition coefficient (Wildman–Crippen LogP) is 3.00. The van der Waals surface area contributed by atoms with Gasteiger partial charge in [-0.2, -0.15) is 10.4 Å². The van der Waals surface area contributed by atoms with Crippen LogP contribution in [0.5, 0.6) is 0 Å². The molecule has 0 atom stereocenters. The fourth-order valence-electron chi connectivity index (χ4n) is 3.66. The Kier molecular flexibility index (Phi) is 3.68. The van der Waals surface area contributed by atoms with Gasteiger partial charge < -0.3 is 0 Å². The van der Waals surface area contributed by atoms with Crippen molar-refractivity contribution in [3.63, 3.8) is 0 Å². The van der Waals surface area contributed by atoms with Crippen LogP contribution in [0.25, 0.3) is 17.0 Å². The number of fused-ring (bicyclic) bond motifs is 1. The van der Waals surface area contributed by atoms with Crippen molar-refractivity contribution in [3.8, 4) is 17.5 Å². The van der Waals surface area contributed by atoms with Crippen molar-refractivity contribution in [2.45, 2.75) is 51.5 Å². The van der Waals surface area contributed by atoms with Gasteiger partial charge in [0, 0.05) is 18.0 Å². The summed E-state index contributed by atoms with van der Waals surface area (Å²) in [5.41, 5.74) is 2.41. The molecular weight excluding hydrogens is 316 g/mol. The lowest BCUT2D eigenvalue weighted by Gasteiger charge is -2.11. The largest absolute Gasteiger partial charge is 0.295 e. The molecule has 1 N–H and O–H groups in total. The summed E-state index contributed by atoms with van der Waals surface area (Å²) in [5, 5.41) is 16.8. The third kappa shape index (κ3) is 2.45. The van der Waals surface area contributed by atoms with Gasteiger partial charge in [0.15, 0.2) is 5.65 Å². The van der Waals surface area contributed by atoms with Gasteiger partial charge in [-0.3, -0.25) is 14.6 Å². The second-order valence-corrected chi connectivity index (χ2v) is 6.91. The molecule has 0 spiro atoms. The molecule has 1 fully saturated rings. The number of hydrogen-bond acceptors (Lipinski definition) is 4. The van der Waals surface area contributed by atoms with Crippen molar-refractivity contribution in [2.24, 2.45) is 0 Å². The summed E-state index contributed by atoms with van der Waals surface area (Å²) in [7, 11) is 0. The van der Waals surface area contributed by atoms with Crippen LogP contribution < -0.4 is 5.56 Å². The highest BCUT2D eigenvalue weighted by atomic mass is 16.1. The highest BCUT2D eigenvalue weighted by Crippen LogP contribution is 2.31. The fraction of sp³-hybridized carbons (Fsp3) is 0.444. The highest BCUT2D eigenvalue weighted by Gasteiger charge is 2.23. The van der Waals surface area contributed by atoms with Gasteiger partial charge in [-0.1, -0.05) is 26.7 Å². The van der Waals surface area contributed by atoms with Crippen LogP contribution >= 0.6 is 0 Å². The monoisotopic (exact) mass is 336 g/mol. The van der Waals surface area contributed by atoms with E-state index in [1.807, 2.05) is 30.8 Å². The minimum absolute atomic E-state index is 0.00244. The first-order valence-electron chi connectivity index (χ1n) is 8.70. The second kappa shape index (κ2) is 5.88. The zero-order valence-corrected chi connectivity index (χ0v) is 14.4. The van der Waals surface area contributed by atoms with Crippen LogP contribution in [0.15, 0.2) is 23.3 Å². The maximum atomic E-state index is 12.9. The topological polar surface area (TPSA) is 91.8 Å². The number of aromatic nitrogens is 5. The number of nitrogens with zero attached hydrogens (tertiary/aromatic N) is 5. The van der Waals surface area contributed by atoms with Gasteiger partial charge in [-0.05, 0) is 24.8 Å². The molecular formula is C18H20N6O. The SMILES string of the molecule is CC(C)c1c(-c2ccn(C3CCCC3)n2)nc2c(C#N)c[nH]n2c1=O. The Morgan fingerprint density at radius 3 is 2.80 bits per heavy atom. The number of nitriles is 1. The van der Waals surface area contributed by atoms with Crippen LogP contribution in [0.2, 0.25) is 0 Å². The normalized spacial score (nSPS) is 15.3. The Morgan fingerprint density at radius 2 is 2.12 bits per heavy atom. The third-order valence-corrected chi connectivity index (χ3v) is 4.94.